The molecule has 6 heteroatoms. The molecule has 2 bridgehead atoms. The lowest BCUT2D eigenvalue weighted by molar-refractivity contribution is -0.175. The molecule has 0 radical (unpaired) electrons. The fourth-order valence-corrected chi connectivity index (χ4v) is 7.02. The monoisotopic (exact) mass is 365 g/mol. The molecule has 0 unspecified atom stereocenters. The van der Waals surface area contributed by atoms with Crippen LogP contribution in [0.25, 0.3) is 0 Å². The van der Waals surface area contributed by atoms with Gasteiger partial charge in [-0.3, -0.25) is 14.4 Å². The SMILES string of the molecule is CC1(C)[C@@H]2C[C@@]34CCCN3C(=O)[C@@]2(C[C@]12Nc1ccccc1C2=O)NC4=O. The molecule has 6 aliphatic rings. The summed E-state index contributed by atoms with van der Waals surface area (Å²) in [4.78, 5) is 42.0. The lowest BCUT2D eigenvalue weighted by atomic mass is 9.59. The van der Waals surface area contributed by atoms with E-state index in [4.69, 9.17) is 0 Å². The Labute approximate surface area is 157 Å². The van der Waals surface area contributed by atoms with E-state index in [1.807, 2.05) is 29.2 Å². The summed E-state index contributed by atoms with van der Waals surface area (Å²) in [5.41, 5.74) is -1.49. The van der Waals surface area contributed by atoms with Crippen LogP contribution in [0.3, 0.4) is 0 Å². The maximum atomic E-state index is 13.6. The smallest absolute Gasteiger partial charge is 0.249 e. The van der Waals surface area contributed by atoms with Crippen LogP contribution in [-0.2, 0) is 9.59 Å². The Bertz CT molecular complexity index is 956. The summed E-state index contributed by atoms with van der Waals surface area (Å²) in [5.74, 6) is -0.0108. The van der Waals surface area contributed by atoms with Crippen molar-refractivity contribution >= 4 is 23.3 Å². The lowest BCUT2D eigenvalue weighted by Crippen LogP contribution is -2.81. The first kappa shape index (κ1) is 15.7. The Morgan fingerprint density at radius 3 is 2.67 bits per heavy atom. The number of fused-ring (bicyclic) bond motifs is 2. The number of rotatable bonds is 0. The maximum absolute atomic E-state index is 13.6. The fraction of sp³-hybridized carbons (Fsp3) is 0.571. The Kier molecular flexibility index (Phi) is 2.44. The van der Waals surface area contributed by atoms with Crippen LogP contribution < -0.4 is 10.6 Å². The van der Waals surface area contributed by atoms with Crippen LogP contribution in [-0.4, -0.2) is 45.7 Å². The molecule has 140 valence electrons. The van der Waals surface area contributed by atoms with E-state index in [1.165, 1.54) is 0 Å². The third-order valence-corrected chi connectivity index (χ3v) is 8.43. The first-order valence-electron chi connectivity index (χ1n) is 9.85. The molecule has 5 aliphatic heterocycles. The van der Waals surface area contributed by atoms with E-state index >= 15 is 0 Å². The Balaban J connectivity index is 1.55. The van der Waals surface area contributed by atoms with E-state index < -0.39 is 22.0 Å². The van der Waals surface area contributed by atoms with Gasteiger partial charge in [-0.15, -0.1) is 0 Å². The number of ketones is 1. The van der Waals surface area contributed by atoms with Gasteiger partial charge >= 0.3 is 0 Å². The van der Waals surface area contributed by atoms with E-state index in [0.29, 0.717) is 24.9 Å². The van der Waals surface area contributed by atoms with Crippen LogP contribution in [0.4, 0.5) is 5.69 Å². The zero-order chi connectivity index (χ0) is 18.8. The number of para-hydroxylation sites is 1. The first-order valence-corrected chi connectivity index (χ1v) is 9.85. The third kappa shape index (κ3) is 1.38. The summed E-state index contributed by atoms with van der Waals surface area (Å²) in [7, 11) is 0. The molecular weight excluding hydrogens is 342 g/mol. The molecule has 0 aromatic heterocycles. The van der Waals surface area contributed by atoms with E-state index in [0.717, 1.165) is 18.5 Å². The number of amides is 2. The normalized spacial score (nSPS) is 42.8. The number of Topliss-reactive ketones (excluding diaryl/α,β-unsaturated/α-hetero) is 1. The highest BCUT2D eigenvalue weighted by Crippen LogP contribution is 2.66. The van der Waals surface area contributed by atoms with Gasteiger partial charge in [0.15, 0.2) is 5.78 Å². The van der Waals surface area contributed by atoms with E-state index in [1.54, 1.807) is 0 Å². The molecule has 1 aliphatic carbocycles. The number of carbonyl (C=O) groups excluding carboxylic acids is 3. The first-order chi connectivity index (χ1) is 12.8. The zero-order valence-electron chi connectivity index (χ0n) is 15.6. The van der Waals surface area contributed by atoms with Crippen molar-refractivity contribution in [1.29, 1.82) is 0 Å². The quantitative estimate of drug-likeness (QED) is 0.734. The molecule has 3 spiro atoms. The Morgan fingerprint density at radius 2 is 1.89 bits per heavy atom. The van der Waals surface area contributed by atoms with Crippen molar-refractivity contribution < 1.29 is 14.4 Å². The number of piperazine rings is 1. The van der Waals surface area contributed by atoms with Crippen LogP contribution in [0.5, 0.6) is 0 Å². The van der Waals surface area contributed by atoms with Crippen LogP contribution in [0.1, 0.15) is 49.9 Å². The second-order valence-corrected chi connectivity index (χ2v) is 9.58. The average Bonchev–Trinajstić information content (AvgIpc) is 3.24. The van der Waals surface area contributed by atoms with E-state index in [-0.39, 0.29) is 23.5 Å². The highest BCUT2D eigenvalue weighted by atomic mass is 16.2. The fourth-order valence-electron chi connectivity index (χ4n) is 7.02. The van der Waals surface area contributed by atoms with Gasteiger partial charge in [-0.1, -0.05) is 26.0 Å². The summed E-state index contributed by atoms with van der Waals surface area (Å²) < 4.78 is 0. The summed E-state index contributed by atoms with van der Waals surface area (Å²) in [6, 6.07) is 7.56. The van der Waals surface area contributed by atoms with Gasteiger partial charge in [0.05, 0.1) is 0 Å². The van der Waals surface area contributed by atoms with Crippen LogP contribution >= 0.6 is 0 Å². The summed E-state index contributed by atoms with van der Waals surface area (Å²) in [6.45, 7) is 4.84. The predicted molar refractivity (Wildman–Crippen MR) is 98.2 cm³/mol. The number of hydrogen-bond acceptors (Lipinski definition) is 4. The standard InChI is InChI=1S/C21H23N3O3/c1-18(2)14-10-19-8-5-9-24(19)17(27)20(14,23-16(19)26)11-21(18)15(25)12-6-3-4-7-13(12)22-21/h3-4,6-7,14,22H,5,8-11H2,1-2H3,(H,23,26)/t14-,19+,20-,21+/m0/s1. The third-order valence-electron chi connectivity index (χ3n) is 8.43. The molecule has 4 saturated heterocycles. The number of benzene rings is 1. The maximum Gasteiger partial charge on any atom is 0.249 e. The molecule has 1 aromatic rings. The molecule has 5 fully saturated rings. The number of anilines is 1. The molecule has 5 heterocycles. The average molecular weight is 365 g/mol. The van der Waals surface area contributed by atoms with Gasteiger partial charge in [0.25, 0.3) is 0 Å². The number of nitrogens with one attached hydrogen (secondary N) is 2. The molecule has 6 nitrogen and oxygen atoms in total. The highest BCUT2D eigenvalue weighted by molar-refractivity contribution is 6.16. The van der Waals surface area contributed by atoms with Gasteiger partial charge < -0.3 is 15.5 Å². The lowest BCUT2D eigenvalue weighted by Gasteiger charge is -2.58. The van der Waals surface area contributed by atoms with Crippen LogP contribution in [0, 0.1) is 11.3 Å². The predicted octanol–water partition coefficient (Wildman–Crippen LogP) is 1.71. The zero-order valence-corrected chi connectivity index (χ0v) is 15.6. The van der Waals surface area contributed by atoms with Crippen molar-refractivity contribution in [2.75, 3.05) is 11.9 Å². The molecule has 2 amide bonds. The molecule has 4 atom stereocenters. The van der Waals surface area contributed by atoms with Crippen molar-refractivity contribution in [2.45, 2.75) is 56.1 Å². The Hall–Kier alpha value is -2.37. The van der Waals surface area contributed by atoms with Crippen LogP contribution in [0.2, 0.25) is 0 Å². The van der Waals surface area contributed by atoms with E-state index in [2.05, 4.69) is 24.5 Å². The molecular formula is C21H23N3O3. The number of hydrogen-bond donors (Lipinski definition) is 2. The number of piperidine rings is 2. The topological polar surface area (TPSA) is 78.5 Å². The molecule has 1 aromatic carbocycles. The summed E-state index contributed by atoms with van der Waals surface area (Å²) in [5, 5.41) is 6.65. The van der Waals surface area contributed by atoms with Crippen molar-refractivity contribution in [3.63, 3.8) is 0 Å². The minimum atomic E-state index is -0.975. The molecule has 27 heavy (non-hydrogen) atoms. The van der Waals surface area contributed by atoms with Crippen molar-refractivity contribution in [3.8, 4) is 0 Å². The van der Waals surface area contributed by atoms with Gasteiger partial charge in [-0.05, 0) is 31.4 Å². The minimum Gasteiger partial charge on any atom is -0.371 e. The molecule has 7 rings (SSSR count). The number of carbonyl (C=O) groups is 3. The van der Waals surface area contributed by atoms with E-state index in [9.17, 15) is 14.4 Å². The van der Waals surface area contributed by atoms with Gasteiger partial charge in [0.2, 0.25) is 11.8 Å². The van der Waals surface area contributed by atoms with Gasteiger partial charge in [0, 0.05) is 35.5 Å². The van der Waals surface area contributed by atoms with Gasteiger partial charge in [-0.2, -0.15) is 0 Å². The second kappa shape index (κ2) is 4.21. The van der Waals surface area contributed by atoms with Gasteiger partial charge in [0.1, 0.15) is 16.6 Å². The largest absolute Gasteiger partial charge is 0.371 e. The van der Waals surface area contributed by atoms with Gasteiger partial charge in [-0.25, -0.2) is 0 Å². The van der Waals surface area contributed by atoms with Crippen molar-refractivity contribution in [1.82, 2.24) is 10.2 Å². The van der Waals surface area contributed by atoms with Crippen molar-refractivity contribution in [2.24, 2.45) is 11.3 Å². The van der Waals surface area contributed by atoms with Crippen molar-refractivity contribution in [3.05, 3.63) is 29.8 Å². The molecule has 2 N–H and O–H groups in total. The number of nitrogens with zero attached hydrogens (tertiary/aromatic N) is 1. The summed E-state index contributed by atoms with van der Waals surface area (Å²) in [6.07, 6.45) is 2.57. The molecule has 1 saturated carbocycles. The second-order valence-electron chi connectivity index (χ2n) is 9.58. The van der Waals surface area contributed by atoms with Crippen LogP contribution in [0.15, 0.2) is 24.3 Å². The minimum absolute atomic E-state index is 0.0198. The summed E-state index contributed by atoms with van der Waals surface area (Å²) >= 11 is 0. The Morgan fingerprint density at radius 1 is 1.11 bits per heavy atom. The highest BCUT2D eigenvalue weighted by Gasteiger charge is 2.80.